The number of thioether (sulfide) groups is 1. The zero-order valence-electron chi connectivity index (χ0n) is 7.74. The summed E-state index contributed by atoms with van der Waals surface area (Å²) in [4.78, 5) is 0. The predicted molar refractivity (Wildman–Crippen MR) is 60.5 cm³/mol. The number of nitrogens with zero attached hydrogens (tertiary/aromatic N) is 3. The molecule has 13 heavy (non-hydrogen) atoms. The van der Waals surface area contributed by atoms with Crippen LogP contribution in [0.15, 0.2) is 6.20 Å². The highest BCUT2D eigenvalue weighted by atomic mass is 79.9. The highest BCUT2D eigenvalue weighted by Crippen LogP contribution is 2.01. The van der Waals surface area contributed by atoms with Gasteiger partial charge in [0.25, 0.3) is 0 Å². The van der Waals surface area contributed by atoms with Crippen molar-refractivity contribution in [1.29, 1.82) is 0 Å². The highest BCUT2D eigenvalue weighted by Gasteiger charge is 1.98. The molecule has 0 bridgehead atoms. The van der Waals surface area contributed by atoms with Crippen LogP contribution in [0.3, 0.4) is 0 Å². The Labute approximate surface area is 91.4 Å². The molecule has 1 rings (SSSR count). The molecular formula is C8H14BrN3S. The number of aryl methyl sites for hydroxylation is 2. The molecule has 3 nitrogen and oxygen atoms in total. The third kappa shape index (κ3) is 4.13. The Morgan fingerprint density at radius 1 is 1.62 bits per heavy atom. The Bertz CT molecular complexity index is 239. The van der Waals surface area contributed by atoms with Gasteiger partial charge in [-0.05, 0) is 5.75 Å². The normalized spacial score (nSPS) is 10.6. The van der Waals surface area contributed by atoms with Crippen LogP contribution in [-0.2, 0) is 13.0 Å². The van der Waals surface area contributed by atoms with Gasteiger partial charge in [0.2, 0.25) is 0 Å². The summed E-state index contributed by atoms with van der Waals surface area (Å²) in [5.74, 6) is 2.29. The molecular weight excluding hydrogens is 250 g/mol. The second kappa shape index (κ2) is 6.43. The van der Waals surface area contributed by atoms with Gasteiger partial charge in [-0.25, -0.2) is 0 Å². The maximum atomic E-state index is 4.06. The third-order valence-electron chi connectivity index (χ3n) is 1.61. The highest BCUT2D eigenvalue weighted by molar-refractivity contribution is 9.09. The molecule has 0 unspecified atom stereocenters. The van der Waals surface area contributed by atoms with Crippen molar-refractivity contribution in [3.63, 3.8) is 0 Å². The first kappa shape index (κ1) is 11.0. The van der Waals surface area contributed by atoms with E-state index in [1.54, 1.807) is 0 Å². The van der Waals surface area contributed by atoms with E-state index >= 15 is 0 Å². The first-order valence-electron chi connectivity index (χ1n) is 4.39. The van der Waals surface area contributed by atoms with E-state index in [-0.39, 0.29) is 0 Å². The average molecular weight is 264 g/mol. The summed E-state index contributed by atoms with van der Waals surface area (Å²) >= 11 is 5.31. The molecule has 0 aromatic carbocycles. The fraction of sp³-hybridized carbons (Fsp3) is 0.750. The summed E-state index contributed by atoms with van der Waals surface area (Å²) in [6, 6.07) is 0. The quantitative estimate of drug-likeness (QED) is 0.581. The first-order chi connectivity index (χ1) is 6.36. The van der Waals surface area contributed by atoms with Crippen LogP contribution in [0.4, 0.5) is 0 Å². The van der Waals surface area contributed by atoms with E-state index in [4.69, 9.17) is 0 Å². The molecule has 0 atom stereocenters. The van der Waals surface area contributed by atoms with Gasteiger partial charge in [0.1, 0.15) is 0 Å². The van der Waals surface area contributed by atoms with E-state index in [0.717, 1.165) is 29.7 Å². The molecule has 74 valence electrons. The zero-order valence-corrected chi connectivity index (χ0v) is 10.1. The molecule has 1 aromatic heterocycles. The van der Waals surface area contributed by atoms with Crippen LogP contribution in [0, 0.1) is 0 Å². The molecule has 0 fully saturated rings. The fourth-order valence-corrected chi connectivity index (χ4v) is 1.97. The summed E-state index contributed by atoms with van der Waals surface area (Å²) in [7, 11) is 0. The van der Waals surface area contributed by atoms with Crippen molar-refractivity contribution >= 4 is 27.7 Å². The van der Waals surface area contributed by atoms with Crippen molar-refractivity contribution in [2.45, 2.75) is 19.9 Å². The van der Waals surface area contributed by atoms with E-state index in [1.807, 2.05) is 22.6 Å². The minimum Gasteiger partial charge on any atom is -0.251 e. The van der Waals surface area contributed by atoms with E-state index < -0.39 is 0 Å². The topological polar surface area (TPSA) is 30.7 Å². The van der Waals surface area contributed by atoms with Crippen LogP contribution >= 0.6 is 27.7 Å². The molecule has 0 saturated carbocycles. The molecule has 0 saturated heterocycles. The molecule has 1 aromatic rings. The van der Waals surface area contributed by atoms with Crippen molar-refractivity contribution in [2.24, 2.45) is 0 Å². The monoisotopic (exact) mass is 263 g/mol. The van der Waals surface area contributed by atoms with Crippen molar-refractivity contribution in [2.75, 3.05) is 16.8 Å². The van der Waals surface area contributed by atoms with Crippen LogP contribution < -0.4 is 0 Å². The smallest absolute Gasteiger partial charge is 0.0835 e. The fourth-order valence-electron chi connectivity index (χ4n) is 0.962. The van der Waals surface area contributed by atoms with Gasteiger partial charge in [0.15, 0.2) is 0 Å². The molecule has 0 spiro atoms. The van der Waals surface area contributed by atoms with Gasteiger partial charge in [-0.3, -0.25) is 4.68 Å². The summed E-state index contributed by atoms with van der Waals surface area (Å²) in [6.45, 7) is 3.13. The first-order valence-corrected chi connectivity index (χ1v) is 6.67. The van der Waals surface area contributed by atoms with Crippen LogP contribution in [0.25, 0.3) is 0 Å². The van der Waals surface area contributed by atoms with Crippen LogP contribution in [0.1, 0.15) is 12.6 Å². The summed E-state index contributed by atoms with van der Waals surface area (Å²) in [5.41, 5.74) is 1.07. The lowest BCUT2D eigenvalue weighted by Crippen LogP contribution is -2.01. The van der Waals surface area contributed by atoms with Gasteiger partial charge in [0, 0.05) is 23.7 Å². The lowest BCUT2D eigenvalue weighted by molar-refractivity contribution is 0.632. The number of rotatable bonds is 6. The molecule has 0 aliphatic rings. The molecule has 0 amide bonds. The third-order valence-corrected chi connectivity index (χ3v) is 2.88. The Hall–Kier alpha value is -0.0300. The molecule has 0 aliphatic carbocycles. The van der Waals surface area contributed by atoms with Gasteiger partial charge in [-0.1, -0.05) is 28.1 Å². The number of halogens is 1. The lowest BCUT2D eigenvalue weighted by Gasteiger charge is -1.97. The zero-order chi connectivity index (χ0) is 9.52. The SMILES string of the molecule is CCSCCn1cc(CCBr)nn1. The second-order valence-electron chi connectivity index (χ2n) is 2.61. The Balaban J connectivity index is 2.31. The summed E-state index contributed by atoms with van der Waals surface area (Å²) in [6.07, 6.45) is 2.98. The molecule has 0 radical (unpaired) electrons. The number of aromatic nitrogens is 3. The van der Waals surface area contributed by atoms with Crippen molar-refractivity contribution in [3.8, 4) is 0 Å². The minimum atomic E-state index is 0.954. The summed E-state index contributed by atoms with van der Waals surface area (Å²) in [5, 5.41) is 9.05. The second-order valence-corrected chi connectivity index (χ2v) is 4.80. The summed E-state index contributed by atoms with van der Waals surface area (Å²) < 4.78 is 1.92. The van der Waals surface area contributed by atoms with E-state index in [2.05, 4.69) is 33.2 Å². The Morgan fingerprint density at radius 3 is 3.15 bits per heavy atom. The minimum absolute atomic E-state index is 0.954. The van der Waals surface area contributed by atoms with Gasteiger partial charge in [-0.2, -0.15) is 11.8 Å². The van der Waals surface area contributed by atoms with Crippen LogP contribution in [0.2, 0.25) is 0 Å². The Morgan fingerprint density at radius 2 is 2.46 bits per heavy atom. The number of hydrogen-bond donors (Lipinski definition) is 0. The molecule has 5 heteroatoms. The van der Waals surface area contributed by atoms with Crippen molar-refractivity contribution in [3.05, 3.63) is 11.9 Å². The van der Waals surface area contributed by atoms with E-state index in [9.17, 15) is 0 Å². The van der Waals surface area contributed by atoms with E-state index in [1.165, 1.54) is 5.75 Å². The van der Waals surface area contributed by atoms with Gasteiger partial charge in [-0.15, -0.1) is 5.10 Å². The molecule has 1 heterocycles. The average Bonchev–Trinajstić information content (AvgIpc) is 2.54. The van der Waals surface area contributed by atoms with Crippen molar-refractivity contribution in [1.82, 2.24) is 15.0 Å². The molecule has 0 N–H and O–H groups in total. The largest absolute Gasteiger partial charge is 0.251 e. The van der Waals surface area contributed by atoms with Gasteiger partial charge < -0.3 is 0 Å². The maximum absolute atomic E-state index is 4.06. The van der Waals surface area contributed by atoms with Gasteiger partial charge >= 0.3 is 0 Å². The lowest BCUT2D eigenvalue weighted by atomic mass is 10.4. The predicted octanol–water partition coefficient (Wildman–Crippen LogP) is 1.97. The van der Waals surface area contributed by atoms with Crippen LogP contribution in [-0.4, -0.2) is 31.8 Å². The van der Waals surface area contributed by atoms with Crippen LogP contribution in [0.5, 0.6) is 0 Å². The number of hydrogen-bond acceptors (Lipinski definition) is 3. The van der Waals surface area contributed by atoms with Gasteiger partial charge in [0.05, 0.1) is 12.2 Å². The Kier molecular flexibility index (Phi) is 5.46. The van der Waals surface area contributed by atoms with Crippen molar-refractivity contribution < 1.29 is 0 Å². The number of alkyl halides is 1. The standard InChI is InChI=1S/C8H14BrN3S/c1-2-13-6-5-12-7-8(3-4-9)10-11-12/h7H,2-6H2,1H3. The molecule has 0 aliphatic heterocycles. The maximum Gasteiger partial charge on any atom is 0.0835 e. The van der Waals surface area contributed by atoms with E-state index in [0.29, 0.717) is 0 Å².